The van der Waals surface area contributed by atoms with E-state index in [9.17, 15) is 18.0 Å². The molecule has 0 aliphatic heterocycles. The Morgan fingerprint density at radius 3 is 2.62 bits per heavy atom. The molecule has 0 unspecified atom stereocenters. The fourth-order valence-electron chi connectivity index (χ4n) is 1.60. The minimum Gasteiger partial charge on any atom is -0.461 e. The summed E-state index contributed by atoms with van der Waals surface area (Å²) in [6.45, 7) is 3.34. The standard InChI is InChI=1S/C13H11F3N2O3/c1-3-20-12(19)10-7(2)21-11(18-10)8-4-5-9(17-6-8)13(14,15)16/h4-6H,3H2,1-2H3. The van der Waals surface area contributed by atoms with Gasteiger partial charge in [0.05, 0.1) is 12.2 Å². The highest BCUT2D eigenvalue weighted by molar-refractivity contribution is 5.88. The summed E-state index contributed by atoms with van der Waals surface area (Å²) in [6, 6.07) is 1.99. The summed E-state index contributed by atoms with van der Waals surface area (Å²) in [6.07, 6.45) is -3.52. The van der Waals surface area contributed by atoms with E-state index in [0.29, 0.717) is 0 Å². The second kappa shape index (κ2) is 5.55. The number of hydrogen-bond acceptors (Lipinski definition) is 5. The van der Waals surface area contributed by atoms with E-state index >= 15 is 0 Å². The Hall–Kier alpha value is -2.38. The van der Waals surface area contributed by atoms with Crippen LogP contribution >= 0.6 is 0 Å². The van der Waals surface area contributed by atoms with Gasteiger partial charge in [-0.1, -0.05) is 0 Å². The van der Waals surface area contributed by atoms with Gasteiger partial charge in [-0.25, -0.2) is 9.78 Å². The van der Waals surface area contributed by atoms with Gasteiger partial charge in [-0.15, -0.1) is 0 Å². The maximum absolute atomic E-state index is 12.4. The molecule has 0 atom stereocenters. The molecule has 0 saturated heterocycles. The van der Waals surface area contributed by atoms with Crippen molar-refractivity contribution in [2.75, 3.05) is 6.61 Å². The van der Waals surface area contributed by atoms with Gasteiger partial charge in [-0.3, -0.25) is 4.98 Å². The van der Waals surface area contributed by atoms with Crippen LogP contribution in [0.25, 0.3) is 11.5 Å². The maximum Gasteiger partial charge on any atom is 0.433 e. The number of carbonyl (C=O) groups excluding carboxylic acids is 1. The van der Waals surface area contributed by atoms with Crippen molar-refractivity contribution in [3.05, 3.63) is 35.5 Å². The van der Waals surface area contributed by atoms with Crippen LogP contribution in [0.2, 0.25) is 0 Å². The molecule has 2 heterocycles. The van der Waals surface area contributed by atoms with E-state index in [1.54, 1.807) is 6.92 Å². The number of esters is 1. The number of ether oxygens (including phenoxy) is 1. The van der Waals surface area contributed by atoms with Crippen molar-refractivity contribution in [1.29, 1.82) is 0 Å². The Labute approximate surface area is 117 Å². The van der Waals surface area contributed by atoms with Gasteiger partial charge in [0.25, 0.3) is 0 Å². The van der Waals surface area contributed by atoms with Crippen LogP contribution in [0, 0.1) is 6.92 Å². The van der Waals surface area contributed by atoms with E-state index in [1.807, 2.05) is 0 Å². The molecule has 0 radical (unpaired) electrons. The monoisotopic (exact) mass is 300 g/mol. The molecule has 0 spiro atoms. The van der Waals surface area contributed by atoms with Gasteiger partial charge in [0.15, 0.2) is 5.69 Å². The summed E-state index contributed by atoms with van der Waals surface area (Å²) in [5, 5.41) is 0. The highest BCUT2D eigenvalue weighted by Gasteiger charge is 2.32. The first-order valence-electron chi connectivity index (χ1n) is 6.01. The Balaban J connectivity index is 2.31. The number of aromatic nitrogens is 2. The first kappa shape index (κ1) is 15.0. The lowest BCUT2D eigenvalue weighted by atomic mass is 10.2. The molecule has 112 valence electrons. The second-order valence-electron chi connectivity index (χ2n) is 4.07. The van der Waals surface area contributed by atoms with Gasteiger partial charge < -0.3 is 9.15 Å². The van der Waals surface area contributed by atoms with Crippen LogP contribution in [-0.2, 0) is 10.9 Å². The molecule has 0 aromatic carbocycles. The first-order chi connectivity index (χ1) is 9.82. The predicted octanol–water partition coefficient (Wildman–Crippen LogP) is 3.24. The molecule has 0 amide bonds. The summed E-state index contributed by atoms with van der Waals surface area (Å²) in [5.41, 5.74) is -0.784. The molecular formula is C13H11F3N2O3. The van der Waals surface area contributed by atoms with Gasteiger partial charge in [0.1, 0.15) is 11.5 Å². The lowest BCUT2D eigenvalue weighted by Crippen LogP contribution is -2.07. The first-order valence-corrected chi connectivity index (χ1v) is 6.01. The van der Waals surface area contributed by atoms with Crippen LogP contribution in [0.15, 0.2) is 22.7 Å². The molecule has 2 rings (SSSR count). The normalized spacial score (nSPS) is 11.5. The average molecular weight is 300 g/mol. The van der Waals surface area contributed by atoms with Crippen molar-refractivity contribution in [2.24, 2.45) is 0 Å². The van der Waals surface area contributed by atoms with Crippen molar-refractivity contribution in [3.63, 3.8) is 0 Å². The lowest BCUT2D eigenvalue weighted by molar-refractivity contribution is -0.141. The Morgan fingerprint density at radius 2 is 2.10 bits per heavy atom. The number of alkyl halides is 3. The fraction of sp³-hybridized carbons (Fsp3) is 0.308. The van der Waals surface area contributed by atoms with Crippen molar-refractivity contribution in [1.82, 2.24) is 9.97 Å². The van der Waals surface area contributed by atoms with Crippen LogP contribution in [0.4, 0.5) is 13.2 Å². The summed E-state index contributed by atoms with van der Waals surface area (Å²) < 4.78 is 47.3. The number of rotatable bonds is 3. The quantitative estimate of drug-likeness (QED) is 0.814. The highest BCUT2D eigenvalue weighted by Crippen LogP contribution is 2.29. The van der Waals surface area contributed by atoms with E-state index in [1.165, 1.54) is 13.0 Å². The predicted molar refractivity (Wildman–Crippen MR) is 65.4 cm³/mol. The summed E-state index contributed by atoms with van der Waals surface area (Å²) in [4.78, 5) is 18.8. The van der Waals surface area contributed by atoms with Crippen LogP contribution in [0.3, 0.4) is 0 Å². The number of nitrogens with zero attached hydrogens (tertiary/aromatic N) is 2. The van der Waals surface area contributed by atoms with Crippen molar-refractivity contribution >= 4 is 5.97 Å². The average Bonchev–Trinajstić information content (AvgIpc) is 2.80. The topological polar surface area (TPSA) is 65.2 Å². The van der Waals surface area contributed by atoms with E-state index in [2.05, 4.69) is 9.97 Å². The van der Waals surface area contributed by atoms with Crippen LogP contribution in [0.1, 0.15) is 28.9 Å². The summed E-state index contributed by atoms with van der Waals surface area (Å²) in [7, 11) is 0. The number of hydrogen-bond donors (Lipinski definition) is 0. The Morgan fingerprint density at radius 1 is 1.38 bits per heavy atom. The van der Waals surface area contributed by atoms with Gasteiger partial charge in [-0.2, -0.15) is 13.2 Å². The molecule has 0 saturated carbocycles. The zero-order chi connectivity index (χ0) is 15.6. The summed E-state index contributed by atoms with van der Waals surface area (Å²) in [5.74, 6) is -0.412. The van der Waals surface area contributed by atoms with Gasteiger partial charge in [0.2, 0.25) is 5.89 Å². The third-order valence-corrected chi connectivity index (χ3v) is 2.57. The molecule has 0 aliphatic carbocycles. The Kier molecular flexibility index (Phi) is 3.97. The molecule has 0 bridgehead atoms. The maximum atomic E-state index is 12.4. The number of aryl methyl sites for hydroxylation is 1. The van der Waals surface area contributed by atoms with Crippen LogP contribution < -0.4 is 0 Å². The van der Waals surface area contributed by atoms with Gasteiger partial charge in [0, 0.05) is 6.20 Å². The largest absolute Gasteiger partial charge is 0.461 e. The second-order valence-corrected chi connectivity index (χ2v) is 4.07. The Bertz CT molecular complexity index is 648. The molecule has 0 fully saturated rings. The molecule has 21 heavy (non-hydrogen) atoms. The smallest absolute Gasteiger partial charge is 0.433 e. The van der Waals surface area contributed by atoms with Crippen molar-refractivity contribution in [2.45, 2.75) is 20.0 Å². The molecular weight excluding hydrogens is 289 g/mol. The number of oxazole rings is 1. The molecule has 8 heteroatoms. The number of pyridine rings is 1. The van der Waals surface area contributed by atoms with Gasteiger partial charge >= 0.3 is 12.1 Å². The fourth-order valence-corrected chi connectivity index (χ4v) is 1.60. The van der Waals surface area contributed by atoms with E-state index in [-0.39, 0.29) is 29.5 Å². The molecule has 2 aromatic rings. The molecule has 0 N–H and O–H groups in total. The zero-order valence-electron chi connectivity index (χ0n) is 11.2. The molecule has 2 aromatic heterocycles. The lowest BCUT2D eigenvalue weighted by Gasteiger charge is -2.04. The summed E-state index contributed by atoms with van der Waals surface area (Å²) >= 11 is 0. The minimum atomic E-state index is -4.51. The van der Waals surface area contributed by atoms with Gasteiger partial charge in [-0.05, 0) is 26.0 Å². The third kappa shape index (κ3) is 3.21. The number of halogens is 3. The van der Waals surface area contributed by atoms with Crippen LogP contribution in [0.5, 0.6) is 0 Å². The SMILES string of the molecule is CCOC(=O)c1nc(-c2ccc(C(F)(F)F)nc2)oc1C. The number of carbonyl (C=O) groups is 1. The van der Waals surface area contributed by atoms with E-state index in [4.69, 9.17) is 9.15 Å². The molecule has 5 nitrogen and oxygen atoms in total. The van der Waals surface area contributed by atoms with Crippen molar-refractivity contribution < 1.29 is 27.1 Å². The molecule has 0 aliphatic rings. The third-order valence-electron chi connectivity index (χ3n) is 2.57. The zero-order valence-corrected chi connectivity index (χ0v) is 11.2. The van der Waals surface area contributed by atoms with Crippen LogP contribution in [-0.4, -0.2) is 22.5 Å². The van der Waals surface area contributed by atoms with E-state index < -0.39 is 17.8 Å². The van der Waals surface area contributed by atoms with Crippen molar-refractivity contribution in [3.8, 4) is 11.5 Å². The minimum absolute atomic E-state index is 0.00764. The highest BCUT2D eigenvalue weighted by atomic mass is 19.4. The van der Waals surface area contributed by atoms with E-state index in [0.717, 1.165) is 12.3 Å².